The number of benzene rings is 2. The molecule has 1 saturated heterocycles. The number of hydrogen-bond acceptors (Lipinski definition) is 14. The third-order valence-corrected chi connectivity index (χ3v) is 16.4. The van der Waals surface area contributed by atoms with Crippen molar-refractivity contribution in [2.75, 3.05) is 72.6 Å². The fourth-order valence-electron chi connectivity index (χ4n) is 11.8. The van der Waals surface area contributed by atoms with Gasteiger partial charge >= 0.3 is 0 Å². The smallest absolute Gasteiger partial charge is 0.246 e. The van der Waals surface area contributed by atoms with Crippen LogP contribution in [-0.2, 0) is 46.2 Å². The number of aromatic nitrogens is 1. The van der Waals surface area contributed by atoms with Crippen LogP contribution in [0.2, 0.25) is 0 Å². The second kappa shape index (κ2) is 25.7. The summed E-state index contributed by atoms with van der Waals surface area (Å²) in [5.74, 6) is 1.70. The number of aliphatic hydroxyl groups excluding tert-OH is 3. The molecule has 3 aliphatic carbocycles. The van der Waals surface area contributed by atoms with Gasteiger partial charge in [-0.25, -0.2) is 4.98 Å². The second-order valence-electron chi connectivity index (χ2n) is 20.3. The van der Waals surface area contributed by atoms with E-state index in [1.165, 1.54) is 11.1 Å². The number of carbonyl (C=O) groups is 2. The van der Waals surface area contributed by atoms with Crippen molar-refractivity contribution in [3.8, 4) is 16.2 Å². The van der Waals surface area contributed by atoms with Gasteiger partial charge in [0.15, 0.2) is 0 Å². The summed E-state index contributed by atoms with van der Waals surface area (Å²) in [6.07, 6.45) is 6.45. The maximum absolute atomic E-state index is 13.4. The Kier molecular flexibility index (Phi) is 19.8. The number of carbonyl (C=O) groups excluding carboxylic acids is 2. The van der Waals surface area contributed by atoms with E-state index in [0.29, 0.717) is 82.2 Å². The van der Waals surface area contributed by atoms with Crippen LogP contribution < -0.4 is 10.6 Å². The van der Waals surface area contributed by atoms with Crippen LogP contribution in [0.4, 0.5) is 0 Å². The van der Waals surface area contributed by atoms with Gasteiger partial charge in [-0.05, 0) is 128 Å². The number of β-amino-alcohol motifs (C(OH)–C–C–N with tert-alkyl or cyclic N) is 1. The Labute approximate surface area is 412 Å². The number of aromatic hydroxyl groups is 1. The van der Waals surface area contributed by atoms with Gasteiger partial charge < -0.3 is 54.7 Å². The molecule has 4 aliphatic rings. The fraction of sp³-hybridized carbons (Fsp3) is 0.679. The number of rotatable bonds is 27. The van der Waals surface area contributed by atoms with Crippen LogP contribution in [0.3, 0.4) is 0 Å². The van der Waals surface area contributed by atoms with Gasteiger partial charge in [-0.1, -0.05) is 57.5 Å². The number of likely N-dealkylation sites (tertiary alicyclic amines) is 1. The number of ether oxygens (including phenoxy) is 5. The Morgan fingerprint density at radius 3 is 2.25 bits per heavy atom. The molecule has 382 valence electrons. The lowest BCUT2D eigenvalue weighted by Crippen LogP contribution is -2.58. The van der Waals surface area contributed by atoms with Gasteiger partial charge in [0.1, 0.15) is 18.6 Å². The van der Waals surface area contributed by atoms with E-state index in [2.05, 4.69) is 28.6 Å². The average molecular weight is 979 g/mol. The van der Waals surface area contributed by atoms with E-state index < -0.39 is 30.3 Å². The van der Waals surface area contributed by atoms with Gasteiger partial charge in [-0.2, -0.15) is 0 Å². The van der Waals surface area contributed by atoms with Crippen molar-refractivity contribution >= 4 is 23.2 Å². The van der Waals surface area contributed by atoms with E-state index in [4.69, 9.17) is 23.7 Å². The highest BCUT2D eigenvalue weighted by molar-refractivity contribution is 7.13. The van der Waals surface area contributed by atoms with Crippen LogP contribution in [-0.4, -0.2) is 145 Å². The SMILES string of the molecule is Cc1ncsc1-c1ccc(CNC(=O)[C@@H]2C[C@@H](O)CN2C(O)[C@@H](NC(=O)COCCOCCOCCOCCOCCCC[C@@H]2Cc3cc(O)ccc3[C@H]3CC[C@]4(C)[C@@H](O)CC[C@H]4[C@H]23)C(C)C)cc1. The average Bonchev–Trinajstić information content (AvgIpc) is 4.04. The zero-order valence-corrected chi connectivity index (χ0v) is 42.0. The van der Waals surface area contributed by atoms with Gasteiger partial charge in [0.25, 0.3) is 0 Å². The number of aliphatic hydroxyl groups is 3. The number of thiazole rings is 1. The molecular formula is C53H78N4O11S. The molecule has 69 heavy (non-hydrogen) atoms. The van der Waals surface area contributed by atoms with Crippen molar-refractivity contribution in [3.63, 3.8) is 0 Å². The van der Waals surface area contributed by atoms with Crippen LogP contribution in [0.5, 0.6) is 5.75 Å². The number of amides is 2. The van der Waals surface area contributed by atoms with E-state index in [1.54, 1.807) is 16.2 Å². The number of phenols is 1. The number of phenolic OH excluding ortho intramolecular Hbond substituents is 1. The van der Waals surface area contributed by atoms with E-state index in [0.717, 1.165) is 73.1 Å². The first-order chi connectivity index (χ1) is 33.3. The van der Waals surface area contributed by atoms with Gasteiger partial charge in [0, 0.05) is 19.7 Å². The number of nitrogens with zero attached hydrogens (tertiary/aromatic N) is 2. The van der Waals surface area contributed by atoms with E-state index >= 15 is 0 Å². The Morgan fingerprint density at radius 1 is 0.899 bits per heavy atom. The summed E-state index contributed by atoms with van der Waals surface area (Å²) in [7, 11) is 0. The highest BCUT2D eigenvalue weighted by Gasteiger charge is 2.56. The van der Waals surface area contributed by atoms with Crippen LogP contribution in [0.25, 0.3) is 10.4 Å². The third-order valence-electron chi connectivity index (χ3n) is 15.4. The summed E-state index contributed by atoms with van der Waals surface area (Å²) in [5, 5.41) is 49.0. The molecule has 6 N–H and O–H groups in total. The van der Waals surface area contributed by atoms with Crippen LogP contribution in [0, 0.1) is 36.0 Å². The number of hydrogen-bond donors (Lipinski definition) is 6. The molecule has 1 aromatic heterocycles. The van der Waals surface area contributed by atoms with Crippen molar-refractivity contribution < 1.29 is 53.7 Å². The quantitative estimate of drug-likeness (QED) is 0.0507. The molecule has 2 heterocycles. The molecule has 0 bridgehead atoms. The molecule has 15 nitrogen and oxygen atoms in total. The minimum Gasteiger partial charge on any atom is -0.508 e. The molecule has 1 aliphatic heterocycles. The normalized spacial score (nSPS) is 26.3. The van der Waals surface area contributed by atoms with Crippen molar-refractivity contribution in [2.45, 2.75) is 128 Å². The highest BCUT2D eigenvalue weighted by atomic mass is 32.1. The zero-order valence-electron chi connectivity index (χ0n) is 41.2. The maximum atomic E-state index is 13.4. The molecule has 3 fully saturated rings. The van der Waals surface area contributed by atoms with E-state index in [-0.39, 0.29) is 56.1 Å². The summed E-state index contributed by atoms with van der Waals surface area (Å²) in [4.78, 5) is 33.2. The van der Waals surface area contributed by atoms with E-state index in [1.807, 2.05) is 62.7 Å². The molecular weight excluding hydrogens is 901 g/mol. The topological polar surface area (TPSA) is 201 Å². The monoisotopic (exact) mass is 979 g/mol. The predicted molar refractivity (Wildman–Crippen MR) is 264 cm³/mol. The van der Waals surface area contributed by atoms with Gasteiger partial charge in [0.05, 0.1) is 93.2 Å². The molecule has 2 saturated carbocycles. The predicted octanol–water partition coefficient (Wildman–Crippen LogP) is 5.73. The second-order valence-corrected chi connectivity index (χ2v) is 21.2. The number of fused-ring (bicyclic) bond motifs is 5. The van der Waals surface area contributed by atoms with Gasteiger partial charge in [0.2, 0.25) is 11.8 Å². The Balaban J connectivity index is 0.689. The number of aryl methyl sites for hydroxylation is 1. The van der Waals surface area contributed by atoms with E-state index in [9.17, 15) is 30.0 Å². The summed E-state index contributed by atoms with van der Waals surface area (Å²) >= 11 is 1.58. The Morgan fingerprint density at radius 2 is 1.58 bits per heavy atom. The molecule has 7 rings (SSSR count). The van der Waals surface area contributed by atoms with Crippen LogP contribution in [0.1, 0.15) is 100 Å². The first-order valence-electron chi connectivity index (χ1n) is 25.4. The highest BCUT2D eigenvalue weighted by Crippen LogP contribution is 2.62. The molecule has 3 aromatic rings. The van der Waals surface area contributed by atoms with Crippen LogP contribution in [0.15, 0.2) is 48.0 Å². The van der Waals surface area contributed by atoms with Crippen LogP contribution >= 0.6 is 11.3 Å². The lowest BCUT2D eigenvalue weighted by molar-refractivity contribution is -0.134. The Hall–Kier alpha value is -3.55. The van der Waals surface area contributed by atoms with Crippen molar-refractivity contribution in [1.82, 2.24) is 20.5 Å². The summed E-state index contributed by atoms with van der Waals surface area (Å²) in [5.41, 5.74) is 7.55. The largest absolute Gasteiger partial charge is 0.508 e. The molecule has 0 spiro atoms. The zero-order chi connectivity index (χ0) is 48.9. The summed E-state index contributed by atoms with van der Waals surface area (Å²) in [6, 6.07) is 12.5. The number of unbranched alkanes of at least 4 members (excludes halogenated alkanes) is 1. The molecule has 1 unspecified atom stereocenters. The first-order valence-corrected chi connectivity index (χ1v) is 26.3. The third kappa shape index (κ3) is 13.9. The minimum absolute atomic E-state index is 0.0260. The lowest BCUT2D eigenvalue weighted by Gasteiger charge is -2.53. The molecule has 10 atom stereocenters. The molecule has 2 aromatic carbocycles. The molecule has 2 amide bonds. The van der Waals surface area contributed by atoms with Crippen molar-refractivity contribution in [2.24, 2.45) is 29.1 Å². The van der Waals surface area contributed by atoms with Gasteiger partial charge in [-0.3, -0.25) is 14.5 Å². The first kappa shape index (κ1) is 53.3. The summed E-state index contributed by atoms with van der Waals surface area (Å²) in [6.45, 7) is 12.1. The Bertz CT molecular complexity index is 2070. The molecule has 0 radical (unpaired) electrons. The maximum Gasteiger partial charge on any atom is 0.246 e. The van der Waals surface area contributed by atoms with Crippen molar-refractivity contribution in [3.05, 3.63) is 70.4 Å². The lowest BCUT2D eigenvalue weighted by atomic mass is 9.52. The standard InChI is InChI=1S/C53H78N4O11S/c1-34(2)49(52(63)57-31-41(59)29-45(57)51(62)54-30-36-8-10-37(11-9-36)50-35(3)55-33-69-50)56-47(61)32-68-26-25-67-24-23-66-22-21-65-20-19-64-18-6-5-7-38-27-39-28-40(58)12-13-42(39)43-16-17-53(4)44(48(38)43)14-15-46(53)60/h8-13,28,33-34,38,41,43-46,48-49,52,58-60,63H,5-7,14-27,29-32H2,1-4H3,(H,54,62)(H,56,61)/t38-,41-,43-,44+,45+,46+,48-,49+,52?,53+/m1/s1. The van der Waals surface area contributed by atoms with Gasteiger partial charge in [-0.15, -0.1) is 11.3 Å². The number of nitrogens with one attached hydrogen (secondary N) is 2. The fourth-order valence-corrected chi connectivity index (χ4v) is 12.6. The van der Waals surface area contributed by atoms with Crippen molar-refractivity contribution in [1.29, 1.82) is 0 Å². The molecule has 16 heteroatoms. The minimum atomic E-state index is -1.21. The summed E-state index contributed by atoms with van der Waals surface area (Å²) < 4.78 is 28.3.